The first-order valence-electron chi connectivity index (χ1n) is 33.0. The van der Waals surface area contributed by atoms with Crippen LogP contribution in [0, 0.1) is 23.7 Å². The van der Waals surface area contributed by atoms with Crippen molar-refractivity contribution in [1.82, 2.24) is 68.5 Å². The average Bonchev–Trinajstić information content (AvgIpc) is 1.30. The van der Waals surface area contributed by atoms with E-state index >= 15 is 0 Å². The van der Waals surface area contributed by atoms with Gasteiger partial charge < -0.3 is 90.9 Å². The van der Waals surface area contributed by atoms with Gasteiger partial charge >= 0.3 is 11.9 Å². The van der Waals surface area contributed by atoms with Gasteiger partial charge in [-0.05, 0) is 80.7 Å². The average molecular weight is 1390 g/mol. The van der Waals surface area contributed by atoms with Crippen LogP contribution in [0.5, 0.6) is 0 Å². The largest absolute Gasteiger partial charge is 0.481 e. The molecular formula is C64H99N17O16S. The Hall–Kier alpha value is -9.05. The van der Waals surface area contributed by atoms with Crippen molar-refractivity contribution in [3.8, 4) is 0 Å². The lowest BCUT2D eigenvalue weighted by Gasteiger charge is -2.29. The molecule has 1 aromatic heterocycles. The van der Waals surface area contributed by atoms with Gasteiger partial charge in [0, 0.05) is 43.5 Å². The third-order valence-electron chi connectivity index (χ3n) is 16.4. The van der Waals surface area contributed by atoms with Gasteiger partial charge in [-0.3, -0.25) is 72.1 Å². The van der Waals surface area contributed by atoms with Crippen LogP contribution in [0.3, 0.4) is 0 Å². The SMILES string of the molecule is CC[C@H](C)[C@H](NC(=O)[C@@H](CCC(=O)O)NC(=O)[C@H](CC(C)C)NC(=O)[C@@H]1CSC([C@@H](N)C(C)C)=N1)C(=O)NCCCC[C@@H]1NC(=O)[C@H](CC(N)=O)NC(=O)[C@@H](CC(=O)O)NC(=O)[C@H](Cc2cnc[nH]2)NC(=O)[C@@H](Cc2ccccc2)NC(=O)[C@H](C(C)C)NC(=O)[C@@H](CCCN)NC1=O. The number of nitrogens with two attached hydrogens (primary N) is 3. The summed E-state index contributed by atoms with van der Waals surface area (Å²) in [5.74, 6) is -15.2. The third-order valence-corrected chi connectivity index (χ3v) is 17.6. The van der Waals surface area contributed by atoms with Crippen LogP contribution in [0.25, 0.3) is 0 Å². The zero-order chi connectivity index (χ0) is 72.9. The second kappa shape index (κ2) is 40.6. The summed E-state index contributed by atoms with van der Waals surface area (Å²) in [6.45, 7) is 14.0. The highest BCUT2D eigenvalue weighted by molar-refractivity contribution is 8.14. The highest BCUT2D eigenvalue weighted by Gasteiger charge is 2.39. The quantitative estimate of drug-likeness (QED) is 0.0330. The Morgan fingerprint density at radius 2 is 1.19 bits per heavy atom. The fourth-order valence-corrected chi connectivity index (χ4v) is 11.7. The molecule has 4 rings (SSSR count). The lowest BCUT2D eigenvalue weighted by atomic mass is 9.97. The van der Waals surface area contributed by atoms with Crippen molar-refractivity contribution in [2.24, 2.45) is 45.9 Å². The van der Waals surface area contributed by atoms with Crippen molar-refractivity contribution >= 4 is 99.6 Å². The number of carboxylic acid groups (broad SMARTS) is 2. The monoisotopic (exact) mass is 1390 g/mol. The van der Waals surface area contributed by atoms with Crippen LogP contribution >= 0.6 is 11.8 Å². The van der Waals surface area contributed by atoms with E-state index in [-0.39, 0.29) is 82.3 Å². The van der Waals surface area contributed by atoms with E-state index in [0.717, 1.165) is 0 Å². The fraction of sp³-hybridized carbons (Fsp3) is 0.625. The number of nitrogens with zero attached hydrogens (tertiary/aromatic N) is 2. The zero-order valence-corrected chi connectivity index (χ0v) is 57.6. The van der Waals surface area contributed by atoms with E-state index in [4.69, 9.17) is 17.2 Å². The number of hydrogen-bond acceptors (Lipinski definition) is 19. The number of H-pyrrole nitrogens is 1. The van der Waals surface area contributed by atoms with E-state index in [1.807, 2.05) is 27.7 Å². The van der Waals surface area contributed by atoms with Gasteiger partial charge in [0.25, 0.3) is 0 Å². The number of aliphatic carboxylic acids is 2. The maximum Gasteiger partial charge on any atom is 0.305 e. The summed E-state index contributed by atoms with van der Waals surface area (Å²) in [6.07, 6.45) is -0.549. The van der Waals surface area contributed by atoms with Gasteiger partial charge in [0.15, 0.2) is 0 Å². The van der Waals surface area contributed by atoms with Crippen LogP contribution in [-0.2, 0) is 80.0 Å². The smallest absolute Gasteiger partial charge is 0.305 e. The Balaban J connectivity index is 1.65. The lowest BCUT2D eigenvalue weighted by Crippen LogP contribution is -2.61. The normalized spacial score (nSPS) is 22.3. The van der Waals surface area contributed by atoms with Gasteiger partial charge in [0.2, 0.25) is 70.9 Å². The Labute approximate surface area is 573 Å². The topological polar surface area (TPSA) is 531 Å². The van der Waals surface area contributed by atoms with Gasteiger partial charge in [-0.2, -0.15) is 0 Å². The Kier molecular flexibility index (Phi) is 33.7. The van der Waals surface area contributed by atoms with Gasteiger partial charge in [-0.1, -0.05) is 92.1 Å². The number of carbonyl (C=O) groups excluding carboxylic acids is 12. The fourth-order valence-electron chi connectivity index (χ4n) is 10.5. The summed E-state index contributed by atoms with van der Waals surface area (Å²) >= 11 is 1.35. The molecule has 0 aliphatic carbocycles. The Morgan fingerprint density at radius 3 is 1.74 bits per heavy atom. The second-order valence-corrected chi connectivity index (χ2v) is 26.7. The molecule has 12 amide bonds. The van der Waals surface area contributed by atoms with Crippen molar-refractivity contribution in [2.75, 3.05) is 18.8 Å². The summed E-state index contributed by atoms with van der Waals surface area (Å²) in [5.41, 5.74) is 18.6. The minimum absolute atomic E-state index is 0.000395. The third kappa shape index (κ3) is 27.1. The number of aromatic nitrogens is 2. The number of amides is 12. The van der Waals surface area contributed by atoms with Crippen molar-refractivity contribution in [1.29, 1.82) is 0 Å². The molecule has 0 saturated carbocycles. The molecule has 0 spiro atoms. The number of hydrogen-bond donors (Lipinski definition) is 17. The summed E-state index contributed by atoms with van der Waals surface area (Å²) in [5, 5.41) is 48.7. The molecule has 2 aliphatic heterocycles. The number of nitrogens with one attached hydrogen (secondary N) is 12. The number of carbonyl (C=O) groups is 14. The van der Waals surface area contributed by atoms with Crippen LogP contribution in [-0.4, -0.2) is 199 Å². The Morgan fingerprint density at radius 1 is 0.643 bits per heavy atom. The highest BCUT2D eigenvalue weighted by atomic mass is 32.2. The lowest BCUT2D eigenvalue weighted by molar-refractivity contribution is -0.142. The van der Waals surface area contributed by atoms with Crippen LogP contribution in [0.4, 0.5) is 0 Å². The first kappa shape index (κ1) is 81.4. The molecule has 34 heteroatoms. The predicted octanol–water partition coefficient (Wildman–Crippen LogP) is -2.46. The highest BCUT2D eigenvalue weighted by Crippen LogP contribution is 2.23. The number of carboxylic acids is 2. The zero-order valence-electron chi connectivity index (χ0n) is 56.7. The molecule has 33 nitrogen and oxygen atoms in total. The van der Waals surface area contributed by atoms with E-state index in [1.165, 1.54) is 24.3 Å². The number of imidazole rings is 1. The second-order valence-electron chi connectivity index (χ2n) is 25.7. The van der Waals surface area contributed by atoms with Crippen molar-refractivity contribution in [3.05, 3.63) is 54.1 Å². The molecule has 542 valence electrons. The number of rotatable bonds is 33. The number of aromatic amines is 1. The minimum atomic E-state index is -2.00. The molecule has 0 bridgehead atoms. The molecule has 13 atom stereocenters. The van der Waals surface area contributed by atoms with Crippen molar-refractivity contribution < 1.29 is 77.3 Å². The molecule has 3 heterocycles. The summed E-state index contributed by atoms with van der Waals surface area (Å²) in [4.78, 5) is 205. The minimum Gasteiger partial charge on any atom is -0.481 e. The molecule has 2 aromatic rings. The van der Waals surface area contributed by atoms with Gasteiger partial charge in [-0.15, -0.1) is 11.8 Å². The summed E-state index contributed by atoms with van der Waals surface area (Å²) in [6, 6.07) is -8.11. The number of primary amides is 1. The van der Waals surface area contributed by atoms with Crippen LogP contribution in [0.1, 0.15) is 137 Å². The number of thioether (sulfide) groups is 1. The molecule has 98 heavy (non-hydrogen) atoms. The van der Waals surface area contributed by atoms with Crippen LogP contribution in [0.2, 0.25) is 0 Å². The van der Waals surface area contributed by atoms with Gasteiger partial charge in [0.1, 0.15) is 66.5 Å². The molecule has 1 aromatic carbocycles. The summed E-state index contributed by atoms with van der Waals surface area (Å²) in [7, 11) is 0. The van der Waals surface area contributed by atoms with Crippen LogP contribution in [0.15, 0.2) is 47.8 Å². The van der Waals surface area contributed by atoms with E-state index in [9.17, 15) is 77.3 Å². The first-order valence-corrected chi connectivity index (χ1v) is 34.0. The molecule has 1 saturated heterocycles. The van der Waals surface area contributed by atoms with Gasteiger partial charge in [-0.25, -0.2) is 4.98 Å². The maximum atomic E-state index is 14.6. The number of benzene rings is 1. The standard InChI is InChI=1S/C64H99N17O16S/c1-9-35(8)52(81-55(89)40(20-21-48(83)84)73-56(90)41(24-32(2)3)74-61(95)46-30-98-64(79-46)50(67)33(4)5)62(96)69-23-14-13-18-38-53(87)71-39(19-15-22-65)54(88)80-51(34(6)7)63(97)78-42(25-36-16-11-10-12-17-36)57(91)75-43(26-37-29-68-31-70-37)58(92)77-45(28-49(85)86)60(94)76-44(27-47(66)82)59(93)72-38/h10-12,16-17,29,31-35,38-46,50-52H,9,13-15,18-28,30,65,67H2,1-8H3,(H2,66,82)(H,68,70)(H,69,96)(H,71,87)(H,72,93)(H,73,90)(H,74,95)(H,75,91)(H,76,94)(H,77,92)(H,78,97)(H,80,88)(H,81,89)(H,83,84)(H,85,86)/t35-,38-,39+,40+,41-,42+,43-,44-,45+,46-,50-,51-,52-/m0/s1. The molecule has 20 N–H and O–H groups in total. The van der Waals surface area contributed by atoms with Crippen molar-refractivity contribution in [3.63, 3.8) is 0 Å². The molecule has 1 fully saturated rings. The van der Waals surface area contributed by atoms with Crippen molar-refractivity contribution in [2.45, 2.75) is 211 Å². The number of unbranched alkanes of at least 4 members (excludes halogenated alkanes) is 1. The predicted molar refractivity (Wildman–Crippen MR) is 360 cm³/mol. The van der Waals surface area contributed by atoms with E-state index in [0.29, 0.717) is 28.5 Å². The first-order chi connectivity index (χ1) is 46.3. The maximum absolute atomic E-state index is 14.6. The van der Waals surface area contributed by atoms with E-state index in [2.05, 4.69) is 73.4 Å². The van der Waals surface area contributed by atoms with Crippen LogP contribution < -0.4 is 75.7 Å². The molecule has 0 radical (unpaired) electrons. The number of aliphatic imine (C=N–C) groups is 1. The summed E-state index contributed by atoms with van der Waals surface area (Å²) < 4.78 is 0. The molecule has 2 aliphatic rings. The van der Waals surface area contributed by atoms with E-state index < -0.39 is 187 Å². The van der Waals surface area contributed by atoms with E-state index in [1.54, 1.807) is 58.0 Å². The Bertz CT molecular complexity index is 3120. The van der Waals surface area contributed by atoms with Gasteiger partial charge in [0.05, 0.1) is 30.3 Å². The molecule has 0 unspecified atom stereocenters. The molecular weight excluding hydrogens is 1290 g/mol.